The zero-order valence-corrected chi connectivity index (χ0v) is 8.87. The Morgan fingerprint density at radius 2 is 2.19 bits per heavy atom. The summed E-state index contributed by atoms with van der Waals surface area (Å²) >= 11 is 0. The lowest BCUT2D eigenvalue weighted by molar-refractivity contribution is -0.150. The first kappa shape index (κ1) is 11.8. The molecule has 0 spiro atoms. The topological polar surface area (TPSA) is 85.2 Å². The second-order valence-corrected chi connectivity index (χ2v) is 4.10. The third-order valence-electron chi connectivity index (χ3n) is 2.83. The molecule has 92 valence electrons. The van der Waals surface area contributed by atoms with Crippen LogP contribution in [-0.2, 0) is 19.0 Å². The molecule has 0 radical (unpaired) electrons. The van der Waals surface area contributed by atoms with Gasteiger partial charge in [-0.3, -0.25) is 4.79 Å². The Hall–Kier alpha value is -0.690. The quantitative estimate of drug-likeness (QED) is 0.469. The van der Waals surface area contributed by atoms with Crippen molar-refractivity contribution in [2.75, 3.05) is 20.0 Å². The van der Waals surface area contributed by atoms with Crippen LogP contribution in [0.5, 0.6) is 0 Å². The number of carbonyl (C=O) groups is 1. The molecule has 0 aromatic heterocycles. The first-order valence-corrected chi connectivity index (χ1v) is 5.41. The van der Waals surface area contributed by atoms with Crippen molar-refractivity contribution in [2.24, 2.45) is 5.92 Å². The minimum atomic E-state index is -0.862. The van der Waals surface area contributed by atoms with Gasteiger partial charge in [0.25, 0.3) is 0 Å². The van der Waals surface area contributed by atoms with Crippen LogP contribution in [0.2, 0.25) is 0 Å². The second-order valence-electron chi connectivity index (χ2n) is 4.10. The lowest BCUT2D eigenvalue weighted by Crippen LogP contribution is -2.35. The average Bonchev–Trinajstić information content (AvgIpc) is 3.05. The van der Waals surface area contributed by atoms with E-state index in [9.17, 15) is 9.90 Å². The van der Waals surface area contributed by atoms with Crippen LogP contribution in [0, 0.1) is 5.92 Å². The summed E-state index contributed by atoms with van der Waals surface area (Å²) in [6.45, 7) is -0.213. The van der Waals surface area contributed by atoms with Crippen molar-refractivity contribution < 1.29 is 29.2 Å². The normalized spacial score (nSPS) is 34.0. The van der Waals surface area contributed by atoms with Gasteiger partial charge in [-0.2, -0.15) is 0 Å². The van der Waals surface area contributed by atoms with E-state index in [1.807, 2.05) is 0 Å². The van der Waals surface area contributed by atoms with Gasteiger partial charge in [0.15, 0.2) is 0 Å². The van der Waals surface area contributed by atoms with E-state index in [0.717, 1.165) is 12.8 Å². The van der Waals surface area contributed by atoms with E-state index in [-0.39, 0.29) is 25.1 Å². The van der Waals surface area contributed by atoms with Crippen LogP contribution in [0.3, 0.4) is 0 Å². The Kier molecular flexibility index (Phi) is 3.75. The summed E-state index contributed by atoms with van der Waals surface area (Å²) in [5, 5.41) is 18.3. The monoisotopic (exact) mass is 232 g/mol. The minimum absolute atomic E-state index is 0.0434. The van der Waals surface area contributed by atoms with Gasteiger partial charge in [-0.1, -0.05) is 0 Å². The molecule has 1 aliphatic carbocycles. The highest BCUT2D eigenvalue weighted by atomic mass is 16.6. The summed E-state index contributed by atoms with van der Waals surface area (Å²) < 4.78 is 15.1. The lowest BCUT2D eigenvalue weighted by atomic mass is 10.1. The van der Waals surface area contributed by atoms with E-state index in [0.29, 0.717) is 0 Å². The van der Waals surface area contributed by atoms with Crippen LogP contribution in [-0.4, -0.2) is 54.5 Å². The molecule has 2 unspecified atom stereocenters. The molecule has 0 aromatic rings. The van der Waals surface area contributed by atoms with Crippen molar-refractivity contribution >= 4 is 5.97 Å². The highest BCUT2D eigenvalue weighted by Crippen LogP contribution is 2.30. The molecule has 1 aliphatic heterocycles. The second kappa shape index (κ2) is 5.09. The number of ether oxygens (including phenoxy) is 3. The number of aliphatic hydroxyl groups excluding tert-OH is 2. The predicted octanol–water partition coefficient (Wildman–Crippen LogP) is -0.966. The van der Waals surface area contributed by atoms with Crippen LogP contribution in [0.1, 0.15) is 12.8 Å². The van der Waals surface area contributed by atoms with Crippen LogP contribution in [0.15, 0.2) is 0 Å². The summed E-state index contributed by atoms with van der Waals surface area (Å²) in [4.78, 5) is 11.2. The number of hydrogen-bond acceptors (Lipinski definition) is 6. The molecule has 2 aliphatic rings. The molecule has 1 heterocycles. The van der Waals surface area contributed by atoms with Gasteiger partial charge >= 0.3 is 5.97 Å². The Morgan fingerprint density at radius 1 is 1.44 bits per heavy atom. The van der Waals surface area contributed by atoms with E-state index in [1.165, 1.54) is 0 Å². The average molecular weight is 232 g/mol. The molecule has 1 saturated carbocycles. The smallest absolute Gasteiger partial charge is 0.309 e. The Balaban J connectivity index is 1.71. The molecule has 2 N–H and O–H groups in total. The van der Waals surface area contributed by atoms with E-state index >= 15 is 0 Å². The van der Waals surface area contributed by atoms with Crippen molar-refractivity contribution in [2.45, 2.75) is 31.2 Å². The predicted molar refractivity (Wildman–Crippen MR) is 51.4 cm³/mol. The third kappa shape index (κ3) is 2.70. The molecular weight excluding hydrogens is 216 g/mol. The summed E-state index contributed by atoms with van der Waals surface area (Å²) in [6.07, 6.45) is -0.181. The molecule has 2 rings (SSSR count). The van der Waals surface area contributed by atoms with Crippen LogP contribution in [0.25, 0.3) is 0 Å². The molecule has 3 atom stereocenters. The minimum Gasteiger partial charge on any atom is -0.463 e. The number of hydrogen-bond donors (Lipinski definition) is 2. The van der Waals surface area contributed by atoms with E-state index in [4.69, 9.17) is 19.3 Å². The highest BCUT2D eigenvalue weighted by Gasteiger charge is 2.38. The molecular formula is C10H16O6. The Labute approximate surface area is 93.1 Å². The summed E-state index contributed by atoms with van der Waals surface area (Å²) in [6, 6.07) is 0. The number of rotatable bonds is 5. The molecule has 2 fully saturated rings. The Bertz CT molecular complexity index is 252. The lowest BCUT2D eigenvalue weighted by Gasteiger charge is -2.16. The fraction of sp³-hybridized carbons (Fsp3) is 0.900. The molecule has 1 saturated heterocycles. The van der Waals surface area contributed by atoms with Crippen molar-refractivity contribution in [1.82, 2.24) is 0 Å². The van der Waals surface area contributed by atoms with Crippen LogP contribution in [0.4, 0.5) is 0 Å². The van der Waals surface area contributed by atoms with E-state index < -0.39 is 25.1 Å². The maximum absolute atomic E-state index is 11.2. The maximum atomic E-state index is 11.2. The van der Waals surface area contributed by atoms with Gasteiger partial charge in [0.2, 0.25) is 0 Å². The fourth-order valence-corrected chi connectivity index (χ4v) is 1.65. The largest absolute Gasteiger partial charge is 0.463 e. The maximum Gasteiger partial charge on any atom is 0.309 e. The van der Waals surface area contributed by atoms with Gasteiger partial charge in [-0.25, -0.2) is 0 Å². The fourth-order valence-electron chi connectivity index (χ4n) is 1.65. The zero-order valence-electron chi connectivity index (χ0n) is 8.87. The first-order chi connectivity index (χ1) is 7.72. The van der Waals surface area contributed by atoms with Gasteiger partial charge in [0.1, 0.15) is 31.7 Å². The SMILES string of the molecule is O=C(OCC1OC[C@H](OCO)C1O)C1CC1. The van der Waals surface area contributed by atoms with Crippen molar-refractivity contribution in [3.05, 3.63) is 0 Å². The molecule has 0 bridgehead atoms. The van der Waals surface area contributed by atoms with Gasteiger partial charge in [-0.05, 0) is 12.8 Å². The standard InChI is InChI=1S/C10H16O6/c11-5-16-8-3-14-7(9(8)12)4-15-10(13)6-1-2-6/h6-9,11-12H,1-5H2/t7?,8-,9?/m0/s1. The van der Waals surface area contributed by atoms with Crippen LogP contribution >= 0.6 is 0 Å². The number of esters is 1. The van der Waals surface area contributed by atoms with Crippen molar-refractivity contribution in [3.8, 4) is 0 Å². The first-order valence-electron chi connectivity index (χ1n) is 5.41. The van der Waals surface area contributed by atoms with Crippen molar-refractivity contribution in [1.29, 1.82) is 0 Å². The number of carbonyl (C=O) groups excluding carboxylic acids is 1. The molecule has 6 nitrogen and oxygen atoms in total. The third-order valence-corrected chi connectivity index (χ3v) is 2.83. The Morgan fingerprint density at radius 3 is 2.81 bits per heavy atom. The van der Waals surface area contributed by atoms with E-state index in [1.54, 1.807) is 0 Å². The molecule has 0 aromatic carbocycles. The summed E-state index contributed by atoms with van der Waals surface area (Å²) in [5.74, 6) is -0.176. The van der Waals surface area contributed by atoms with Gasteiger partial charge in [0.05, 0.1) is 12.5 Å². The van der Waals surface area contributed by atoms with Gasteiger partial charge < -0.3 is 24.4 Å². The van der Waals surface area contributed by atoms with Crippen LogP contribution < -0.4 is 0 Å². The summed E-state index contributed by atoms with van der Waals surface area (Å²) in [7, 11) is 0. The molecule has 16 heavy (non-hydrogen) atoms. The van der Waals surface area contributed by atoms with Gasteiger partial charge in [0, 0.05) is 0 Å². The zero-order chi connectivity index (χ0) is 11.5. The van der Waals surface area contributed by atoms with E-state index in [2.05, 4.69) is 0 Å². The van der Waals surface area contributed by atoms with Crippen molar-refractivity contribution in [3.63, 3.8) is 0 Å². The highest BCUT2D eigenvalue weighted by molar-refractivity contribution is 5.74. The van der Waals surface area contributed by atoms with Gasteiger partial charge in [-0.15, -0.1) is 0 Å². The molecule has 6 heteroatoms. The molecule has 0 amide bonds. The number of aliphatic hydroxyl groups is 2. The summed E-state index contributed by atoms with van der Waals surface area (Å²) in [5.41, 5.74) is 0.